The van der Waals surface area contributed by atoms with E-state index in [1.165, 1.54) is 0 Å². The standard InChI is InChI=1S/C16H16N2O2/c1-20-15-8-5-13(10-17-15)11-3-2-4-12(9-11)16(19)18-14-6-7-14/h2-5,8-10,14H,6-7H2,1H3,(H,18,19). The van der Waals surface area contributed by atoms with Crippen LogP contribution in [-0.4, -0.2) is 24.0 Å². The zero-order valence-electron chi connectivity index (χ0n) is 11.3. The Morgan fingerprint density at radius 3 is 2.75 bits per heavy atom. The first-order chi connectivity index (χ1) is 9.76. The molecule has 4 nitrogen and oxygen atoms in total. The molecule has 20 heavy (non-hydrogen) atoms. The van der Waals surface area contributed by atoms with Gasteiger partial charge in [0.2, 0.25) is 5.88 Å². The van der Waals surface area contributed by atoms with Crippen LogP contribution >= 0.6 is 0 Å². The third-order valence-corrected chi connectivity index (χ3v) is 3.32. The van der Waals surface area contributed by atoms with Crippen molar-refractivity contribution in [2.75, 3.05) is 7.11 Å². The molecule has 1 heterocycles. The molecule has 1 aliphatic rings. The second kappa shape index (κ2) is 5.33. The molecule has 0 radical (unpaired) electrons. The number of nitrogens with zero attached hydrogens (tertiary/aromatic N) is 1. The van der Waals surface area contributed by atoms with Crippen molar-refractivity contribution in [3.8, 4) is 17.0 Å². The summed E-state index contributed by atoms with van der Waals surface area (Å²) in [6.45, 7) is 0. The molecule has 0 saturated heterocycles. The number of aromatic nitrogens is 1. The van der Waals surface area contributed by atoms with E-state index in [1.807, 2.05) is 36.4 Å². The molecule has 4 heteroatoms. The predicted molar refractivity (Wildman–Crippen MR) is 76.7 cm³/mol. The largest absolute Gasteiger partial charge is 0.481 e. The van der Waals surface area contributed by atoms with E-state index in [9.17, 15) is 4.79 Å². The number of ether oxygens (including phenoxy) is 1. The van der Waals surface area contributed by atoms with Gasteiger partial charge >= 0.3 is 0 Å². The maximum Gasteiger partial charge on any atom is 0.251 e. The summed E-state index contributed by atoms with van der Waals surface area (Å²) in [7, 11) is 1.59. The summed E-state index contributed by atoms with van der Waals surface area (Å²) >= 11 is 0. The van der Waals surface area contributed by atoms with E-state index in [2.05, 4.69) is 10.3 Å². The highest BCUT2D eigenvalue weighted by Crippen LogP contribution is 2.23. The number of nitrogens with one attached hydrogen (secondary N) is 1. The number of carbonyl (C=O) groups is 1. The molecule has 1 aromatic carbocycles. The van der Waals surface area contributed by atoms with Gasteiger partial charge in [0.25, 0.3) is 5.91 Å². The molecule has 1 N–H and O–H groups in total. The number of carbonyl (C=O) groups excluding carboxylic acids is 1. The quantitative estimate of drug-likeness (QED) is 0.927. The summed E-state index contributed by atoms with van der Waals surface area (Å²) in [6.07, 6.45) is 3.93. The molecule has 1 amide bonds. The van der Waals surface area contributed by atoms with Crippen molar-refractivity contribution in [1.29, 1.82) is 0 Å². The van der Waals surface area contributed by atoms with Gasteiger partial charge in [-0.3, -0.25) is 4.79 Å². The van der Waals surface area contributed by atoms with Gasteiger partial charge in [-0.05, 0) is 36.6 Å². The first kappa shape index (κ1) is 12.7. The third kappa shape index (κ3) is 2.79. The van der Waals surface area contributed by atoms with Gasteiger partial charge in [0.15, 0.2) is 0 Å². The van der Waals surface area contributed by atoms with Crippen LogP contribution in [0.15, 0.2) is 42.6 Å². The number of pyridine rings is 1. The third-order valence-electron chi connectivity index (χ3n) is 3.32. The van der Waals surface area contributed by atoms with Crippen molar-refractivity contribution in [2.24, 2.45) is 0 Å². The zero-order chi connectivity index (χ0) is 13.9. The fourth-order valence-electron chi connectivity index (χ4n) is 2.01. The summed E-state index contributed by atoms with van der Waals surface area (Å²) in [5.74, 6) is 0.576. The smallest absolute Gasteiger partial charge is 0.251 e. The maximum atomic E-state index is 12.0. The maximum absolute atomic E-state index is 12.0. The molecule has 0 atom stereocenters. The zero-order valence-corrected chi connectivity index (χ0v) is 11.3. The SMILES string of the molecule is COc1ccc(-c2cccc(C(=O)NC3CC3)c2)cn1. The monoisotopic (exact) mass is 268 g/mol. The summed E-state index contributed by atoms with van der Waals surface area (Å²) in [5, 5.41) is 2.99. The molecule has 0 aliphatic heterocycles. The summed E-state index contributed by atoms with van der Waals surface area (Å²) < 4.78 is 5.04. The molecule has 2 aromatic rings. The van der Waals surface area contributed by atoms with Gasteiger partial charge in [0, 0.05) is 29.4 Å². The van der Waals surface area contributed by atoms with Crippen LogP contribution in [0.4, 0.5) is 0 Å². The van der Waals surface area contributed by atoms with Crippen LogP contribution < -0.4 is 10.1 Å². The van der Waals surface area contributed by atoms with E-state index >= 15 is 0 Å². The van der Waals surface area contributed by atoms with Crippen LogP contribution in [-0.2, 0) is 0 Å². The molecule has 1 aromatic heterocycles. The first-order valence-corrected chi connectivity index (χ1v) is 6.67. The van der Waals surface area contributed by atoms with Gasteiger partial charge in [-0.2, -0.15) is 0 Å². The Morgan fingerprint density at radius 2 is 2.10 bits per heavy atom. The first-order valence-electron chi connectivity index (χ1n) is 6.67. The normalized spacial score (nSPS) is 13.8. The Balaban J connectivity index is 1.83. The molecule has 102 valence electrons. The lowest BCUT2D eigenvalue weighted by molar-refractivity contribution is 0.0951. The van der Waals surface area contributed by atoms with E-state index in [0.29, 0.717) is 17.5 Å². The Morgan fingerprint density at radius 1 is 1.25 bits per heavy atom. The number of amides is 1. The second-order valence-corrected chi connectivity index (χ2v) is 4.92. The van der Waals surface area contributed by atoms with Gasteiger partial charge in [-0.25, -0.2) is 4.98 Å². The van der Waals surface area contributed by atoms with Crippen molar-refractivity contribution in [3.05, 3.63) is 48.2 Å². The Kier molecular flexibility index (Phi) is 3.37. The molecular weight excluding hydrogens is 252 g/mol. The minimum atomic E-state index is -0.00387. The lowest BCUT2D eigenvalue weighted by Crippen LogP contribution is -2.25. The minimum absolute atomic E-state index is 0.00387. The Labute approximate surface area is 117 Å². The van der Waals surface area contributed by atoms with Crippen LogP contribution in [0.1, 0.15) is 23.2 Å². The molecular formula is C16H16N2O2. The summed E-state index contributed by atoms with van der Waals surface area (Å²) in [6, 6.07) is 11.7. The molecule has 1 fully saturated rings. The van der Waals surface area contributed by atoms with Crippen LogP contribution in [0.5, 0.6) is 5.88 Å². The average molecular weight is 268 g/mol. The number of benzene rings is 1. The lowest BCUT2D eigenvalue weighted by Gasteiger charge is -2.06. The predicted octanol–water partition coefficient (Wildman–Crippen LogP) is 2.65. The van der Waals surface area contributed by atoms with Crippen molar-refractivity contribution in [3.63, 3.8) is 0 Å². The van der Waals surface area contributed by atoms with Crippen molar-refractivity contribution in [2.45, 2.75) is 18.9 Å². The van der Waals surface area contributed by atoms with E-state index in [-0.39, 0.29) is 5.91 Å². The topological polar surface area (TPSA) is 51.2 Å². The average Bonchev–Trinajstić information content (AvgIpc) is 3.31. The van der Waals surface area contributed by atoms with Gasteiger partial charge < -0.3 is 10.1 Å². The number of hydrogen-bond acceptors (Lipinski definition) is 3. The Bertz CT molecular complexity index is 619. The van der Waals surface area contributed by atoms with Crippen LogP contribution in [0, 0.1) is 0 Å². The number of rotatable bonds is 4. The van der Waals surface area contributed by atoms with Gasteiger partial charge in [0.05, 0.1) is 7.11 Å². The highest BCUT2D eigenvalue weighted by molar-refractivity contribution is 5.95. The van der Waals surface area contributed by atoms with E-state index < -0.39 is 0 Å². The molecule has 0 bridgehead atoms. The summed E-state index contributed by atoms with van der Waals surface area (Å²) in [4.78, 5) is 16.2. The Hall–Kier alpha value is -2.36. The minimum Gasteiger partial charge on any atom is -0.481 e. The second-order valence-electron chi connectivity index (χ2n) is 4.92. The van der Waals surface area contributed by atoms with Crippen molar-refractivity contribution < 1.29 is 9.53 Å². The summed E-state index contributed by atoms with van der Waals surface area (Å²) in [5.41, 5.74) is 2.63. The van der Waals surface area contributed by atoms with E-state index in [4.69, 9.17) is 4.74 Å². The molecule has 1 aliphatic carbocycles. The highest BCUT2D eigenvalue weighted by atomic mass is 16.5. The molecule has 1 saturated carbocycles. The van der Waals surface area contributed by atoms with Crippen LogP contribution in [0.3, 0.4) is 0 Å². The van der Waals surface area contributed by atoms with E-state index in [1.54, 1.807) is 13.3 Å². The van der Waals surface area contributed by atoms with Gasteiger partial charge in [-0.15, -0.1) is 0 Å². The van der Waals surface area contributed by atoms with E-state index in [0.717, 1.165) is 24.0 Å². The lowest BCUT2D eigenvalue weighted by atomic mass is 10.0. The highest BCUT2D eigenvalue weighted by Gasteiger charge is 2.23. The number of methoxy groups -OCH3 is 1. The van der Waals surface area contributed by atoms with Gasteiger partial charge in [-0.1, -0.05) is 12.1 Å². The van der Waals surface area contributed by atoms with Crippen molar-refractivity contribution in [1.82, 2.24) is 10.3 Å². The molecule has 0 spiro atoms. The van der Waals surface area contributed by atoms with Crippen molar-refractivity contribution >= 4 is 5.91 Å². The van der Waals surface area contributed by atoms with Gasteiger partial charge in [0.1, 0.15) is 0 Å². The fraction of sp³-hybridized carbons (Fsp3) is 0.250. The molecule has 0 unspecified atom stereocenters. The van der Waals surface area contributed by atoms with Crippen LogP contribution in [0.25, 0.3) is 11.1 Å². The molecule has 3 rings (SSSR count). The fourth-order valence-corrected chi connectivity index (χ4v) is 2.01. The van der Waals surface area contributed by atoms with Crippen LogP contribution in [0.2, 0.25) is 0 Å². The number of hydrogen-bond donors (Lipinski definition) is 1.